The number of carbonyl (C=O) groups is 1. The van der Waals surface area contributed by atoms with Crippen LogP contribution in [0.2, 0.25) is 0 Å². The van der Waals surface area contributed by atoms with E-state index >= 15 is 0 Å². The molecule has 12 heavy (non-hydrogen) atoms. The zero-order chi connectivity index (χ0) is 9.14. The Morgan fingerprint density at radius 2 is 2.33 bits per heavy atom. The highest BCUT2D eigenvalue weighted by Gasteiger charge is 2.29. The fourth-order valence-electron chi connectivity index (χ4n) is 1.54. The number of carbonyl (C=O) groups excluding carboxylic acids is 1. The Bertz CT molecular complexity index is 168. The van der Waals surface area contributed by atoms with Crippen LogP contribution in [0.1, 0.15) is 20.8 Å². The molecule has 0 aliphatic carbocycles. The van der Waals surface area contributed by atoms with Gasteiger partial charge >= 0.3 is 0 Å². The summed E-state index contributed by atoms with van der Waals surface area (Å²) in [5.74, 6) is 0.338. The second kappa shape index (κ2) is 4.01. The largest absolute Gasteiger partial charge is 0.304 e. The first-order valence-corrected chi connectivity index (χ1v) is 4.64. The fraction of sp³-hybridized carbons (Fsp3) is 0.889. The Kier molecular flexibility index (Phi) is 3.23. The van der Waals surface area contributed by atoms with Crippen molar-refractivity contribution in [3.8, 4) is 0 Å². The third-order valence-electron chi connectivity index (χ3n) is 2.19. The molecule has 0 aromatic heterocycles. The molecule has 1 aliphatic rings. The molecule has 0 amide bonds. The van der Waals surface area contributed by atoms with Crippen LogP contribution in [-0.2, 0) is 4.79 Å². The molecule has 1 aliphatic heterocycles. The van der Waals surface area contributed by atoms with Gasteiger partial charge in [0.05, 0.1) is 12.6 Å². The van der Waals surface area contributed by atoms with Crippen molar-refractivity contribution in [2.75, 3.05) is 19.6 Å². The van der Waals surface area contributed by atoms with E-state index in [9.17, 15) is 4.79 Å². The van der Waals surface area contributed by atoms with Crippen LogP contribution in [0, 0.1) is 0 Å². The van der Waals surface area contributed by atoms with Crippen molar-refractivity contribution in [2.24, 2.45) is 0 Å². The number of ketones is 1. The molecular weight excluding hydrogens is 152 g/mol. The van der Waals surface area contributed by atoms with Gasteiger partial charge in [-0.2, -0.15) is 0 Å². The molecule has 1 fully saturated rings. The van der Waals surface area contributed by atoms with Gasteiger partial charge in [-0.05, 0) is 6.54 Å². The van der Waals surface area contributed by atoms with E-state index in [1.54, 1.807) is 0 Å². The highest BCUT2D eigenvalue weighted by molar-refractivity contribution is 5.88. The molecule has 70 valence electrons. The quantitative estimate of drug-likeness (QED) is 0.659. The lowest BCUT2D eigenvalue weighted by molar-refractivity contribution is -0.118. The molecule has 1 heterocycles. The van der Waals surface area contributed by atoms with Crippen LogP contribution in [0.3, 0.4) is 0 Å². The number of likely N-dealkylation sites (tertiary alicyclic amines) is 1. The van der Waals surface area contributed by atoms with Crippen LogP contribution >= 0.6 is 0 Å². The number of hydrogen-bond acceptors (Lipinski definition) is 3. The van der Waals surface area contributed by atoms with Gasteiger partial charge in [0.15, 0.2) is 5.78 Å². The lowest BCUT2D eigenvalue weighted by atomic mass is 10.2. The Hall–Kier alpha value is -0.410. The van der Waals surface area contributed by atoms with Gasteiger partial charge in [-0.25, -0.2) is 0 Å². The summed E-state index contributed by atoms with van der Waals surface area (Å²) < 4.78 is 0. The molecule has 3 heteroatoms. The van der Waals surface area contributed by atoms with Gasteiger partial charge in [-0.3, -0.25) is 9.69 Å². The smallest absolute Gasteiger partial charge is 0.164 e. The van der Waals surface area contributed by atoms with Crippen molar-refractivity contribution in [3.63, 3.8) is 0 Å². The Labute approximate surface area is 74.1 Å². The number of hydrogen-bond donors (Lipinski definition) is 1. The maximum Gasteiger partial charge on any atom is 0.164 e. The van der Waals surface area contributed by atoms with Crippen LogP contribution in [0.25, 0.3) is 0 Å². The second-order valence-corrected chi connectivity index (χ2v) is 3.67. The lowest BCUT2D eigenvalue weighted by Gasteiger charge is -2.15. The minimum Gasteiger partial charge on any atom is -0.304 e. The monoisotopic (exact) mass is 170 g/mol. The zero-order valence-electron chi connectivity index (χ0n) is 8.13. The summed E-state index contributed by atoms with van der Waals surface area (Å²) in [5.41, 5.74) is 0. The molecule has 0 aromatic carbocycles. The maximum atomic E-state index is 11.4. The maximum absolute atomic E-state index is 11.4. The van der Waals surface area contributed by atoms with E-state index in [0.717, 1.165) is 13.1 Å². The normalized spacial score (nSPS) is 25.7. The summed E-state index contributed by atoms with van der Waals surface area (Å²) in [6, 6.07) is 0.473. The SMILES string of the molecule is CCN1CC(=O)[C@H](NC(C)C)C1. The zero-order valence-corrected chi connectivity index (χ0v) is 8.13. The van der Waals surface area contributed by atoms with Crippen molar-refractivity contribution < 1.29 is 4.79 Å². The topological polar surface area (TPSA) is 32.3 Å². The van der Waals surface area contributed by atoms with Gasteiger partial charge < -0.3 is 5.32 Å². The first kappa shape index (κ1) is 9.68. The average Bonchev–Trinajstić information content (AvgIpc) is 2.31. The Morgan fingerprint density at radius 3 is 2.75 bits per heavy atom. The molecule has 0 radical (unpaired) electrons. The highest BCUT2D eigenvalue weighted by atomic mass is 16.1. The Balaban J connectivity index is 2.41. The predicted molar refractivity (Wildman–Crippen MR) is 49.2 cm³/mol. The second-order valence-electron chi connectivity index (χ2n) is 3.67. The standard InChI is InChI=1S/C9H18N2O/c1-4-11-5-8(9(12)6-11)10-7(2)3/h7-8,10H,4-6H2,1-3H3/t8-/m1/s1. The molecule has 3 nitrogen and oxygen atoms in total. The molecule has 1 atom stereocenters. The van der Waals surface area contributed by atoms with Gasteiger partial charge in [0, 0.05) is 12.6 Å². The van der Waals surface area contributed by atoms with Crippen LogP contribution in [0.5, 0.6) is 0 Å². The van der Waals surface area contributed by atoms with Crippen LogP contribution in [0.15, 0.2) is 0 Å². The van der Waals surface area contributed by atoms with Gasteiger partial charge in [0.1, 0.15) is 0 Å². The van der Waals surface area contributed by atoms with Gasteiger partial charge in [-0.15, -0.1) is 0 Å². The minimum absolute atomic E-state index is 0.0740. The number of likely N-dealkylation sites (N-methyl/N-ethyl adjacent to an activating group) is 1. The van der Waals surface area contributed by atoms with E-state index in [0.29, 0.717) is 18.4 Å². The molecule has 0 bridgehead atoms. The lowest BCUT2D eigenvalue weighted by Crippen LogP contribution is -2.40. The van der Waals surface area contributed by atoms with E-state index in [-0.39, 0.29) is 6.04 Å². The molecule has 0 saturated carbocycles. The van der Waals surface area contributed by atoms with E-state index in [1.165, 1.54) is 0 Å². The van der Waals surface area contributed by atoms with Crippen LogP contribution in [0.4, 0.5) is 0 Å². The van der Waals surface area contributed by atoms with Gasteiger partial charge in [0.25, 0.3) is 0 Å². The van der Waals surface area contributed by atoms with E-state index in [4.69, 9.17) is 0 Å². The van der Waals surface area contributed by atoms with Crippen molar-refractivity contribution in [1.29, 1.82) is 0 Å². The third-order valence-corrected chi connectivity index (χ3v) is 2.19. The van der Waals surface area contributed by atoms with Crippen molar-refractivity contribution in [2.45, 2.75) is 32.9 Å². The van der Waals surface area contributed by atoms with Crippen molar-refractivity contribution in [3.05, 3.63) is 0 Å². The number of nitrogens with zero attached hydrogens (tertiary/aromatic N) is 1. The molecule has 1 rings (SSSR count). The fourth-order valence-corrected chi connectivity index (χ4v) is 1.54. The number of nitrogens with one attached hydrogen (secondary N) is 1. The van der Waals surface area contributed by atoms with Crippen molar-refractivity contribution >= 4 is 5.78 Å². The Morgan fingerprint density at radius 1 is 1.67 bits per heavy atom. The van der Waals surface area contributed by atoms with E-state index in [2.05, 4.69) is 31.0 Å². The summed E-state index contributed by atoms with van der Waals surface area (Å²) >= 11 is 0. The summed E-state index contributed by atoms with van der Waals surface area (Å²) in [4.78, 5) is 13.5. The third kappa shape index (κ3) is 2.29. The summed E-state index contributed by atoms with van der Waals surface area (Å²) in [7, 11) is 0. The highest BCUT2D eigenvalue weighted by Crippen LogP contribution is 2.05. The molecule has 1 saturated heterocycles. The van der Waals surface area contributed by atoms with Crippen LogP contribution < -0.4 is 5.32 Å². The summed E-state index contributed by atoms with van der Waals surface area (Å²) in [6.45, 7) is 8.71. The number of rotatable bonds is 3. The number of Topliss-reactive ketones (excluding diaryl/α,β-unsaturated/α-hetero) is 1. The summed E-state index contributed by atoms with van der Waals surface area (Å²) in [6.07, 6.45) is 0. The van der Waals surface area contributed by atoms with Gasteiger partial charge in [-0.1, -0.05) is 20.8 Å². The molecule has 0 aromatic rings. The predicted octanol–water partition coefficient (Wildman–Crippen LogP) is 0.258. The van der Waals surface area contributed by atoms with E-state index < -0.39 is 0 Å². The first-order valence-electron chi connectivity index (χ1n) is 4.64. The average molecular weight is 170 g/mol. The molecule has 1 N–H and O–H groups in total. The van der Waals surface area contributed by atoms with Crippen molar-refractivity contribution in [1.82, 2.24) is 10.2 Å². The minimum atomic E-state index is 0.0740. The molecule has 0 spiro atoms. The van der Waals surface area contributed by atoms with E-state index in [1.807, 2.05) is 0 Å². The molecule has 0 unspecified atom stereocenters. The first-order chi connectivity index (χ1) is 5.63. The van der Waals surface area contributed by atoms with Crippen LogP contribution in [-0.4, -0.2) is 42.4 Å². The van der Waals surface area contributed by atoms with Gasteiger partial charge in [0.2, 0.25) is 0 Å². The molecular formula is C9H18N2O. The summed E-state index contributed by atoms with van der Waals surface area (Å²) in [5, 5.41) is 3.26.